The van der Waals surface area contributed by atoms with Crippen LogP contribution in [0.2, 0.25) is 0 Å². The van der Waals surface area contributed by atoms with Crippen molar-refractivity contribution in [2.45, 2.75) is 6.54 Å². The third-order valence-corrected chi connectivity index (χ3v) is 1.67. The second kappa shape index (κ2) is 5.57. The molecule has 0 fully saturated rings. The van der Waals surface area contributed by atoms with E-state index < -0.39 is 0 Å². The molecule has 2 N–H and O–H groups in total. The third-order valence-electron chi connectivity index (χ3n) is 1.67. The zero-order valence-electron chi connectivity index (χ0n) is 8.09. The van der Waals surface area contributed by atoms with Crippen molar-refractivity contribution in [3.05, 3.63) is 29.6 Å². The second-order valence-electron chi connectivity index (χ2n) is 2.90. The lowest BCUT2D eigenvalue weighted by atomic mass is 10.2. The third kappa shape index (κ3) is 3.32. The van der Waals surface area contributed by atoms with Crippen LogP contribution in [0.15, 0.2) is 18.2 Å². The van der Waals surface area contributed by atoms with Crippen LogP contribution in [0, 0.1) is 5.82 Å². The van der Waals surface area contributed by atoms with Crippen molar-refractivity contribution in [2.24, 2.45) is 0 Å². The maximum atomic E-state index is 13.0. The fraction of sp³-hybridized carbons (Fsp3) is 0.400. The van der Waals surface area contributed by atoms with Gasteiger partial charge in [-0.15, -0.1) is 0 Å². The molecule has 0 unspecified atom stereocenters. The van der Waals surface area contributed by atoms with Crippen LogP contribution in [0.1, 0.15) is 5.56 Å². The number of hydrogen-bond acceptors (Lipinski definition) is 3. The Bertz CT molecular complexity index is 291. The Balaban J connectivity index is 2.73. The van der Waals surface area contributed by atoms with E-state index in [9.17, 15) is 4.39 Å². The topological polar surface area (TPSA) is 41.5 Å². The normalized spacial score (nSPS) is 10.2. The van der Waals surface area contributed by atoms with E-state index in [4.69, 9.17) is 9.84 Å². The largest absolute Gasteiger partial charge is 0.491 e. The lowest BCUT2D eigenvalue weighted by Crippen LogP contribution is -2.07. The van der Waals surface area contributed by atoms with Gasteiger partial charge >= 0.3 is 0 Å². The predicted octanol–water partition coefficient (Wildman–Crippen LogP) is 0.916. The van der Waals surface area contributed by atoms with Crippen LogP contribution in [-0.4, -0.2) is 25.4 Å². The summed E-state index contributed by atoms with van der Waals surface area (Å²) in [6, 6.07) is 4.49. The smallest absolute Gasteiger partial charge is 0.127 e. The Morgan fingerprint density at radius 1 is 1.43 bits per heavy atom. The molecular formula is C10H14FNO2. The van der Waals surface area contributed by atoms with Gasteiger partial charge < -0.3 is 15.2 Å². The summed E-state index contributed by atoms with van der Waals surface area (Å²) in [5.41, 5.74) is 0.820. The number of aliphatic hydroxyl groups is 1. The molecule has 0 aliphatic carbocycles. The summed E-state index contributed by atoms with van der Waals surface area (Å²) in [5, 5.41) is 11.5. The van der Waals surface area contributed by atoms with Gasteiger partial charge in [0.15, 0.2) is 0 Å². The number of benzene rings is 1. The highest BCUT2D eigenvalue weighted by atomic mass is 19.1. The fourth-order valence-electron chi connectivity index (χ4n) is 1.17. The second-order valence-corrected chi connectivity index (χ2v) is 2.90. The van der Waals surface area contributed by atoms with E-state index >= 15 is 0 Å². The van der Waals surface area contributed by atoms with Gasteiger partial charge in [-0.25, -0.2) is 4.39 Å². The average molecular weight is 199 g/mol. The van der Waals surface area contributed by atoms with E-state index in [1.165, 1.54) is 12.1 Å². The highest BCUT2D eigenvalue weighted by molar-refractivity contribution is 5.29. The SMILES string of the molecule is CNCc1cc(F)cc(OCCO)c1. The molecule has 14 heavy (non-hydrogen) atoms. The van der Waals surface area contributed by atoms with Crippen molar-refractivity contribution in [3.63, 3.8) is 0 Å². The molecule has 0 aromatic heterocycles. The number of aliphatic hydroxyl groups excluding tert-OH is 1. The van der Waals surface area contributed by atoms with Crippen LogP contribution in [-0.2, 0) is 6.54 Å². The molecular weight excluding hydrogens is 185 g/mol. The lowest BCUT2D eigenvalue weighted by molar-refractivity contribution is 0.201. The monoisotopic (exact) mass is 199 g/mol. The van der Waals surface area contributed by atoms with Crippen LogP contribution in [0.4, 0.5) is 4.39 Å². The first-order valence-electron chi connectivity index (χ1n) is 4.44. The summed E-state index contributed by atoms with van der Waals surface area (Å²) >= 11 is 0. The molecule has 3 nitrogen and oxygen atoms in total. The number of ether oxygens (including phenoxy) is 1. The van der Waals surface area contributed by atoms with E-state index in [0.29, 0.717) is 12.3 Å². The minimum atomic E-state index is -0.328. The molecule has 0 aliphatic rings. The summed E-state index contributed by atoms with van der Waals surface area (Å²) in [6.45, 7) is 0.702. The molecule has 1 aromatic carbocycles. The summed E-state index contributed by atoms with van der Waals surface area (Å²) in [6.07, 6.45) is 0. The molecule has 0 saturated heterocycles. The van der Waals surface area contributed by atoms with Crippen molar-refractivity contribution < 1.29 is 14.2 Å². The summed E-state index contributed by atoms with van der Waals surface area (Å²) in [7, 11) is 1.79. The highest BCUT2D eigenvalue weighted by Crippen LogP contribution is 2.16. The van der Waals surface area contributed by atoms with Gasteiger partial charge in [-0.3, -0.25) is 0 Å². The van der Waals surface area contributed by atoms with Gasteiger partial charge in [-0.05, 0) is 24.7 Å². The van der Waals surface area contributed by atoms with Gasteiger partial charge in [0.25, 0.3) is 0 Å². The van der Waals surface area contributed by atoms with Gasteiger partial charge in [0.2, 0.25) is 0 Å². The zero-order valence-corrected chi connectivity index (χ0v) is 8.09. The molecule has 0 amide bonds. The maximum Gasteiger partial charge on any atom is 0.127 e. The first kappa shape index (κ1) is 10.9. The quantitative estimate of drug-likeness (QED) is 0.740. The van der Waals surface area contributed by atoms with Crippen molar-refractivity contribution in [1.29, 1.82) is 0 Å². The fourth-order valence-corrected chi connectivity index (χ4v) is 1.17. The number of nitrogens with one attached hydrogen (secondary N) is 1. The molecule has 0 aliphatic heterocycles. The van der Waals surface area contributed by atoms with Gasteiger partial charge in [0.05, 0.1) is 6.61 Å². The van der Waals surface area contributed by atoms with Gasteiger partial charge in [0.1, 0.15) is 18.2 Å². The zero-order chi connectivity index (χ0) is 10.4. The van der Waals surface area contributed by atoms with Gasteiger partial charge in [0, 0.05) is 12.6 Å². The Morgan fingerprint density at radius 2 is 2.21 bits per heavy atom. The molecule has 0 heterocycles. The minimum Gasteiger partial charge on any atom is -0.491 e. The molecule has 0 bridgehead atoms. The van der Waals surface area contributed by atoms with Crippen molar-refractivity contribution >= 4 is 0 Å². The van der Waals surface area contributed by atoms with E-state index in [2.05, 4.69) is 5.32 Å². The number of halogens is 1. The summed E-state index contributed by atoms with van der Waals surface area (Å²) < 4.78 is 18.1. The van der Waals surface area contributed by atoms with E-state index in [-0.39, 0.29) is 19.0 Å². The number of hydrogen-bond donors (Lipinski definition) is 2. The van der Waals surface area contributed by atoms with Crippen LogP contribution in [0.5, 0.6) is 5.75 Å². The summed E-state index contributed by atoms with van der Waals surface area (Å²) in [5.74, 6) is 0.120. The highest BCUT2D eigenvalue weighted by Gasteiger charge is 2.00. The molecule has 78 valence electrons. The Morgan fingerprint density at radius 3 is 2.86 bits per heavy atom. The molecule has 4 heteroatoms. The van der Waals surface area contributed by atoms with Crippen LogP contribution in [0.3, 0.4) is 0 Å². The van der Waals surface area contributed by atoms with E-state index in [1.54, 1.807) is 13.1 Å². The van der Waals surface area contributed by atoms with Crippen LogP contribution >= 0.6 is 0 Å². The van der Waals surface area contributed by atoms with Crippen LogP contribution in [0.25, 0.3) is 0 Å². The summed E-state index contributed by atoms with van der Waals surface area (Å²) in [4.78, 5) is 0. The van der Waals surface area contributed by atoms with Crippen LogP contribution < -0.4 is 10.1 Å². The van der Waals surface area contributed by atoms with Crippen molar-refractivity contribution in [2.75, 3.05) is 20.3 Å². The predicted molar refractivity (Wildman–Crippen MR) is 51.7 cm³/mol. The van der Waals surface area contributed by atoms with E-state index in [1.807, 2.05) is 0 Å². The van der Waals surface area contributed by atoms with Crippen molar-refractivity contribution in [3.8, 4) is 5.75 Å². The molecule has 1 aromatic rings. The first-order chi connectivity index (χ1) is 6.76. The standard InChI is InChI=1S/C10H14FNO2/c1-12-7-8-4-9(11)6-10(5-8)14-3-2-13/h4-6,12-13H,2-3,7H2,1H3. The molecule has 0 spiro atoms. The maximum absolute atomic E-state index is 13.0. The Kier molecular flexibility index (Phi) is 4.35. The van der Waals surface area contributed by atoms with Gasteiger partial charge in [-0.2, -0.15) is 0 Å². The first-order valence-corrected chi connectivity index (χ1v) is 4.44. The van der Waals surface area contributed by atoms with Gasteiger partial charge in [-0.1, -0.05) is 0 Å². The van der Waals surface area contributed by atoms with Crippen molar-refractivity contribution in [1.82, 2.24) is 5.32 Å². The minimum absolute atomic E-state index is 0.0716. The Hall–Kier alpha value is -1.13. The lowest BCUT2D eigenvalue weighted by Gasteiger charge is -2.07. The average Bonchev–Trinajstić information content (AvgIpc) is 2.14. The number of rotatable bonds is 5. The Labute approximate surface area is 82.5 Å². The molecule has 0 radical (unpaired) electrons. The molecule has 0 saturated carbocycles. The molecule has 0 atom stereocenters. The van der Waals surface area contributed by atoms with E-state index in [0.717, 1.165) is 5.56 Å². The molecule has 1 rings (SSSR count).